The van der Waals surface area contributed by atoms with E-state index in [0.29, 0.717) is 11.0 Å². The van der Waals surface area contributed by atoms with Crippen molar-refractivity contribution in [1.82, 2.24) is 0 Å². The standard InChI is InChI=1S/C18H21NOS/c1-3-15-8-7-11-17(12-15)19-18(20)13-21-14(2)16-9-5-4-6-10-16/h4-12,14H,3,13H2,1-2H3,(H,19,20)/t14-/m1/s1. The van der Waals surface area contributed by atoms with Crippen molar-refractivity contribution in [3.05, 3.63) is 65.7 Å². The van der Waals surface area contributed by atoms with Crippen molar-refractivity contribution in [2.24, 2.45) is 0 Å². The van der Waals surface area contributed by atoms with Crippen molar-refractivity contribution in [3.63, 3.8) is 0 Å². The van der Waals surface area contributed by atoms with Crippen LogP contribution in [0.15, 0.2) is 54.6 Å². The van der Waals surface area contributed by atoms with E-state index in [-0.39, 0.29) is 5.91 Å². The van der Waals surface area contributed by atoms with Gasteiger partial charge in [-0.3, -0.25) is 4.79 Å². The van der Waals surface area contributed by atoms with Crippen LogP contribution >= 0.6 is 11.8 Å². The molecule has 0 saturated heterocycles. The molecule has 1 atom stereocenters. The Bertz CT molecular complexity index is 583. The predicted octanol–water partition coefficient (Wildman–Crippen LogP) is 4.68. The summed E-state index contributed by atoms with van der Waals surface area (Å²) in [5.74, 6) is 0.517. The summed E-state index contributed by atoms with van der Waals surface area (Å²) in [7, 11) is 0. The monoisotopic (exact) mass is 299 g/mol. The van der Waals surface area contributed by atoms with Gasteiger partial charge in [0.05, 0.1) is 5.75 Å². The molecule has 0 aliphatic rings. The predicted molar refractivity (Wildman–Crippen MR) is 91.8 cm³/mol. The number of thioether (sulfide) groups is 1. The van der Waals surface area contributed by atoms with Gasteiger partial charge < -0.3 is 5.32 Å². The summed E-state index contributed by atoms with van der Waals surface area (Å²) in [5.41, 5.74) is 3.37. The van der Waals surface area contributed by atoms with Crippen molar-refractivity contribution in [2.45, 2.75) is 25.5 Å². The normalized spacial score (nSPS) is 11.9. The van der Waals surface area contributed by atoms with Gasteiger partial charge in [0.25, 0.3) is 0 Å². The summed E-state index contributed by atoms with van der Waals surface area (Å²) < 4.78 is 0. The molecule has 0 unspecified atom stereocenters. The molecule has 110 valence electrons. The molecule has 0 radical (unpaired) electrons. The Morgan fingerprint density at radius 1 is 1.14 bits per heavy atom. The minimum Gasteiger partial charge on any atom is -0.325 e. The quantitative estimate of drug-likeness (QED) is 0.839. The molecule has 2 aromatic rings. The third kappa shape index (κ3) is 4.94. The third-order valence-corrected chi connectivity index (χ3v) is 4.55. The zero-order valence-corrected chi connectivity index (χ0v) is 13.3. The van der Waals surface area contributed by atoms with Gasteiger partial charge in [-0.05, 0) is 36.6 Å². The van der Waals surface area contributed by atoms with Crippen molar-refractivity contribution >= 4 is 23.4 Å². The molecule has 0 bridgehead atoms. The maximum atomic E-state index is 12.0. The second kappa shape index (κ2) is 7.89. The Kier molecular flexibility index (Phi) is 5.88. The lowest BCUT2D eigenvalue weighted by atomic mass is 10.1. The molecule has 0 heterocycles. The van der Waals surface area contributed by atoms with Gasteiger partial charge in [0.2, 0.25) is 5.91 Å². The maximum Gasteiger partial charge on any atom is 0.234 e. The summed E-state index contributed by atoms with van der Waals surface area (Å²) in [6.45, 7) is 4.24. The van der Waals surface area contributed by atoms with E-state index in [9.17, 15) is 4.79 Å². The third-order valence-electron chi connectivity index (χ3n) is 3.35. The zero-order chi connectivity index (χ0) is 15.1. The molecule has 2 nitrogen and oxygen atoms in total. The number of rotatable bonds is 6. The van der Waals surface area contributed by atoms with Gasteiger partial charge in [-0.1, -0.05) is 49.4 Å². The second-order valence-electron chi connectivity index (χ2n) is 4.97. The zero-order valence-electron chi connectivity index (χ0n) is 12.5. The van der Waals surface area contributed by atoms with E-state index in [4.69, 9.17) is 0 Å². The molecule has 0 fully saturated rings. The lowest BCUT2D eigenvalue weighted by Crippen LogP contribution is -2.14. The van der Waals surface area contributed by atoms with Gasteiger partial charge in [-0.2, -0.15) is 0 Å². The number of amides is 1. The summed E-state index contributed by atoms with van der Waals surface area (Å²) in [6, 6.07) is 18.3. The van der Waals surface area contributed by atoms with Crippen LogP contribution in [0.4, 0.5) is 5.69 Å². The van der Waals surface area contributed by atoms with Crippen LogP contribution in [0.25, 0.3) is 0 Å². The van der Waals surface area contributed by atoms with E-state index in [1.807, 2.05) is 36.4 Å². The highest BCUT2D eigenvalue weighted by Gasteiger charge is 2.09. The van der Waals surface area contributed by atoms with Crippen LogP contribution in [0.5, 0.6) is 0 Å². The molecule has 0 aromatic heterocycles. The molecule has 21 heavy (non-hydrogen) atoms. The van der Waals surface area contributed by atoms with Crippen molar-refractivity contribution < 1.29 is 4.79 Å². The van der Waals surface area contributed by atoms with Gasteiger partial charge >= 0.3 is 0 Å². The molecule has 0 aliphatic heterocycles. The fraction of sp³-hybridized carbons (Fsp3) is 0.278. The highest BCUT2D eigenvalue weighted by molar-refractivity contribution is 8.00. The molecule has 2 rings (SSSR count). The number of anilines is 1. The number of nitrogens with one attached hydrogen (secondary N) is 1. The summed E-state index contributed by atoms with van der Waals surface area (Å²) in [5, 5.41) is 3.28. The summed E-state index contributed by atoms with van der Waals surface area (Å²) in [4.78, 5) is 12.0. The second-order valence-corrected chi connectivity index (χ2v) is 6.30. The average molecular weight is 299 g/mol. The number of hydrogen-bond donors (Lipinski definition) is 1. The first kappa shape index (κ1) is 15.6. The number of carbonyl (C=O) groups excluding carboxylic acids is 1. The first-order valence-corrected chi connectivity index (χ1v) is 8.29. The smallest absolute Gasteiger partial charge is 0.234 e. The van der Waals surface area contributed by atoms with Crippen LogP contribution in [0.3, 0.4) is 0 Å². The Morgan fingerprint density at radius 3 is 2.62 bits per heavy atom. The van der Waals surface area contributed by atoms with Crippen LogP contribution in [0, 0.1) is 0 Å². The molecule has 0 spiro atoms. The van der Waals surface area contributed by atoms with E-state index in [1.54, 1.807) is 11.8 Å². The van der Waals surface area contributed by atoms with Crippen LogP contribution in [-0.2, 0) is 11.2 Å². The highest BCUT2D eigenvalue weighted by Crippen LogP contribution is 2.27. The molecule has 0 aliphatic carbocycles. The SMILES string of the molecule is CCc1cccc(NC(=O)CS[C@H](C)c2ccccc2)c1. The van der Waals surface area contributed by atoms with E-state index in [1.165, 1.54) is 11.1 Å². The highest BCUT2D eigenvalue weighted by atomic mass is 32.2. The van der Waals surface area contributed by atoms with Crippen LogP contribution in [0.2, 0.25) is 0 Å². The minimum absolute atomic E-state index is 0.0519. The summed E-state index contributed by atoms with van der Waals surface area (Å²) in [6.07, 6.45) is 0.976. The topological polar surface area (TPSA) is 29.1 Å². The van der Waals surface area contributed by atoms with Gasteiger partial charge in [-0.15, -0.1) is 11.8 Å². The Morgan fingerprint density at radius 2 is 1.90 bits per heavy atom. The van der Waals surface area contributed by atoms with Gasteiger partial charge in [-0.25, -0.2) is 0 Å². The molecule has 3 heteroatoms. The molecule has 0 saturated carbocycles. The minimum atomic E-state index is 0.0519. The molecule has 2 aromatic carbocycles. The van der Waals surface area contributed by atoms with Crippen LogP contribution in [0.1, 0.15) is 30.2 Å². The van der Waals surface area contributed by atoms with Gasteiger partial charge in [0.15, 0.2) is 0 Å². The molecular weight excluding hydrogens is 278 g/mol. The number of aryl methyl sites for hydroxylation is 1. The van der Waals surface area contributed by atoms with E-state index >= 15 is 0 Å². The maximum absolute atomic E-state index is 12.0. The van der Waals surface area contributed by atoms with E-state index in [2.05, 4.69) is 37.4 Å². The number of benzene rings is 2. The summed E-state index contributed by atoms with van der Waals surface area (Å²) >= 11 is 1.65. The lowest BCUT2D eigenvalue weighted by molar-refractivity contribution is -0.113. The van der Waals surface area contributed by atoms with Gasteiger partial charge in [0.1, 0.15) is 0 Å². The van der Waals surface area contributed by atoms with E-state index < -0.39 is 0 Å². The van der Waals surface area contributed by atoms with Crippen LogP contribution in [-0.4, -0.2) is 11.7 Å². The first-order chi connectivity index (χ1) is 10.2. The van der Waals surface area contributed by atoms with Crippen molar-refractivity contribution in [3.8, 4) is 0 Å². The van der Waals surface area contributed by atoms with Crippen molar-refractivity contribution in [1.29, 1.82) is 0 Å². The average Bonchev–Trinajstić information content (AvgIpc) is 2.53. The largest absolute Gasteiger partial charge is 0.325 e. The lowest BCUT2D eigenvalue weighted by Gasteiger charge is -2.12. The fourth-order valence-corrected chi connectivity index (χ4v) is 2.91. The molecule has 1 amide bonds. The number of carbonyl (C=O) groups is 1. The Balaban J connectivity index is 1.84. The first-order valence-electron chi connectivity index (χ1n) is 7.24. The molecule has 1 N–H and O–H groups in total. The van der Waals surface area contributed by atoms with Crippen molar-refractivity contribution in [2.75, 3.05) is 11.1 Å². The van der Waals surface area contributed by atoms with E-state index in [0.717, 1.165) is 12.1 Å². The fourth-order valence-electron chi connectivity index (χ4n) is 2.09. The Hall–Kier alpha value is -1.74. The van der Waals surface area contributed by atoms with Crippen LogP contribution < -0.4 is 5.32 Å². The van der Waals surface area contributed by atoms with Gasteiger partial charge in [0, 0.05) is 10.9 Å². The molecular formula is C18H21NOS. The Labute approximate surface area is 131 Å². The number of hydrogen-bond acceptors (Lipinski definition) is 2.